The van der Waals surface area contributed by atoms with Gasteiger partial charge >= 0.3 is 0 Å². The summed E-state index contributed by atoms with van der Waals surface area (Å²) in [5, 5.41) is 0. The van der Waals surface area contributed by atoms with Crippen LogP contribution >= 0.6 is 0 Å². The molecule has 2 unspecified atom stereocenters. The maximum atomic E-state index is 11.1. The van der Waals surface area contributed by atoms with E-state index < -0.39 is 0 Å². The molecule has 0 aliphatic rings. The molecule has 0 spiro atoms. The van der Waals surface area contributed by atoms with E-state index in [9.17, 15) is 4.79 Å². The lowest BCUT2D eigenvalue weighted by atomic mass is 9.93. The van der Waals surface area contributed by atoms with Gasteiger partial charge in [0, 0.05) is 12.0 Å². The van der Waals surface area contributed by atoms with Gasteiger partial charge in [-0.2, -0.15) is 0 Å². The quantitative estimate of drug-likeness (QED) is 0.629. The molecular weight excluding hydrogens is 186 g/mol. The maximum Gasteiger partial charge on any atom is 0.134 e. The molecule has 0 rings (SSSR count). The van der Waals surface area contributed by atoms with Crippen molar-refractivity contribution in [3.63, 3.8) is 0 Å². The van der Waals surface area contributed by atoms with Crippen LogP contribution in [0.4, 0.5) is 0 Å². The molecule has 0 saturated heterocycles. The Kier molecular flexibility index (Phi) is 7.67. The first-order chi connectivity index (χ1) is 6.95. The van der Waals surface area contributed by atoms with Gasteiger partial charge in [-0.1, -0.05) is 46.5 Å². The van der Waals surface area contributed by atoms with Crippen molar-refractivity contribution in [2.75, 3.05) is 0 Å². The van der Waals surface area contributed by atoms with E-state index in [2.05, 4.69) is 13.8 Å². The van der Waals surface area contributed by atoms with Crippen LogP contribution in [0.2, 0.25) is 0 Å². The zero-order valence-electron chi connectivity index (χ0n) is 10.8. The van der Waals surface area contributed by atoms with Crippen molar-refractivity contribution in [1.82, 2.24) is 0 Å². The van der Waals surface area contributed by atoms with Gasteiger partial charge in [0.25, 0.3) is 0 Å². The molecule has 2 atom stereocenters. The topological polar surface area (TPSA) is 43.1 Å². The van der Waals surface area contributed by atoms with Crippen LogP contribution in [0.5, 0.6) is 0 Å². The van der Waals surface area contributed by atoms with Crippen molar-refractivity contribution in [3.05, 3.63) is 0 Å². The fourth-order valence-electron chi connectivity index (χ4n) is 1.66. The normalized spacial score (nSPS) is 15.3. The number of carbonyl (C=O) groups excluding carboxylic acids is 1. The molecule has 0 heterocycles. The number of hydrogen-bond donors (Lipinski definition) is 1. The molecule has 0 saturated carbocycles. The predicted octanol–water partition coefficient (Wildman–Crippen LogP) is 3.15. The fourth-order valence-corrected chi connectivity index (χ4v) is 1.66. The number of Topliss-reactive ketones (excluding diaryl/α,β-unsaturated/α-hetero) is 1. The Morgan fingerprint density at radius 1 is 1.07 bits per heavy atom. The molecule has 0 aromatic carbocycles. The molecule has 0 aliphatic carbocycles. The summed E-state index contributed by atoms with van der Waals surface area (Å²) in [4.78, 5) is 11.1. The van der Waals surface area contributed by atoms with Crippen molar-refractivity contribution < 1.29 is 4.79 Å². The minimum atomic E-state index is 0.0232. The first-order valence-corrected chi connectivity index (χ1v) is 6.21. The fraction of sp³-hybridized carbons (Fsp3) is 0.923. The Labute approximate surface area is 94.6 Å². The van der Waals surface area contributed by atoms with E-state index in [4.69, 9.17) is 5.73 Å². The Balaban J connectivity index is 3.47. The maximum absolute atomic E-state index is 11.1. The van der Waals surface area contributed by atoms with Crippen LogP contribution in [-0.4, -0.2) is 11.8 Å². The molecule has 0 aromatic heterocycles. The molecule has 15 heavy (non-hydrogen) atoms. The Hall–Kier alpha value is -0.370. The third-order valence-electron chi connectivity index (χ3n) is 3.10. The summed E-state index contributed by atoms with van der Waals surface area (Å²) in [6.07, 6.45) is 5.98. The predicted molar refractivity (Wildman–Crippen MR) is 65.7 cm³/mol. The standard InChI is InChI=1S/C13H27NO/c1-10(2)8-6-5-7-9-13(14)11(3)12(4)15/h10-11,13H,5-9,14H2,1-4H3. The van der Waals surface area contributed by atoms with Gasteiger partial charge < -0.3 is 5.73 Å². The van der Waals surface area contributed by atoms with Crippen molar-refractivity contribution in [1.29, 1.82) is 0 Å². The summed E-state index contributed by atoms with van der Waals surface area (Å²) in [7, 11) is 0. The molecule has 90 valence electrons. The molecule has 2 N–H and O–H groups in total. The average molecular weight is 213 g/mol. The van der Waals surface area contributed by atoms with E-state index in [1.807, 2.05) is 6.92 Å². The van der Waals surface area contributed by atoms with Gasteiger partial charge in [0.15, 0.2) is 0 Å². The number of carbonyl (C=O) groups is 1. The molecule has 0 fully saturated rings. The highest BCUT2D eigenvalue weighted by Gasteiger charge is 2.16. The SMILES string of the molecule is CC(=O)C(C)C(N)CCCCCC(C)C. The van der Waals surface area contributed by atoms with Gasteiger partial charge in [0.1, 0.15) is 5.78 Å². The van der Waals surface area contributed by atoms with Crippen molar-refractivity contribution >= 4 is 5.78 Å². The van der Waals surface area contributed by atoms with Gasteiger partial charge in [-0.05, 0) is 19.3 Å². The second-order valence-electron chi connectivity index (χ2n) is 5.10. The second-order valence-corrected chi connectivity index (χ2v) is 5.10. The van der Waals surface area contributed by atoms with E-state index in [0.717, 1.165) is 18.8 Å². The molecule has 2 heteroatoms. The van der Waals surface area contributed by atoms with Crippen LogP contribution in [-0.2, 0) is 4.79 Å². The van der Waals surface area contributed by atoms with E-state index >= 15 is 0 Å². The first kappa shape index (κ1) is 14.6. The highest BCUT2D eigenvalue weighted by Crippen LogP contribution is 2.13. The van der Waals surface area contributed by atoms with E-state index in [1.165, 1.54) is 19.3 Å². The zero-order valence-corrected chi connectivity index (χ0v) is 10.8. The molecule has 0 radical (unpaired) electrons. The van der Waals surface area contributed by atoms with Gasteiger partial charge in [-0.3, -0.25) is 4.79 Å². The monoisotopic (exact) mass is 213 g/mol. The Morgan fingerprint density at radius 3 is 2.07 bits per heavy atom. The van der Waals surface area contributed by atoms with Crippen LogP contribution in [0, 0.1) is 11.8 Å². The molecular formula is C13H27NO. The summed E-state index contributed by atoms with van der Waals surface area (Å²) in [6.45, 7) is 8.07. The summed E-state index contributed by atoms with van der Waals surface area (Å²) < 4.78 is 0. The molecule has 0 aromatic rings. The number of unbranched alkanes of at least 4 members (excludes halogenated alkanes) is 2. The Morgan fingerprint density at radius 2 is 1.60 bits per heavy atom. The summed E-state index contributed by atoms with van der Waals surface area (Å²) in [5.74, 6) is 1.04. The van der Waals surface area contributed by atoms with Crippen molar-refractivity contribution in [3.8, 4) is 0 Å². The minimum absolute atomic E-state index is 0.0232. The Bertz CT molecular complexity index is 177. The van der Waals surface area contributed by atoms with E-state index in [0.29, 0.717) is 0 Å². The largest absolute Gasteiger partial charge is 0.327 e. The van der Waals surface area contributed by atoms with E-state index in [1.54, 1.807) is 6.92 Å². The summed E-state index contributed by atoms with van der Waals surface area (Å²) >= 11 is 0. The third kappa shape index (κ3) is 7.55. The summed E-state index contributed by atoms with van der Waals surface area (Å²) in [5.41, 5.74) is 5.94. The van der Waals surface area contributed by atoms with Crippen LogP contribution in [0.1, 0.15) is 59.8 Å². The highest BCUT2D eigenvalue weighted by molar-refractivity contribution is 5.78. The van der Waals surface area contributed by atoms with Gasteiger partial charge in [-0.25, -0.2) is 0 Å². The van der Waals surface area contributed by atoms with Crippen LogP contribution in [0.3, 0.4) is 0 Å². The average Bonchev–Trinajstić information content (AvgIpc) is 2.15. The van der Waals surface area contributed by atoms with Crippen LogP contribution in [0.25, 0.3) is 0 Å². The van der Waals surface area contributed by atoms with Crippen LogP contribution < -0.4 is 5.73 Å². The second kappa shape index (κ2) is 7.86. The number of nitrogens with two attached hydrogens (primary N) is 1. The molecule has 0 amide bonds. The lowest BCUT2D eigenvalue weighted by Gasteiger charge is -2.16. The minimum Gasteiger partial charge on any atom is -0.327 e. The number of rotatable bonds is 8. The third-order valence-corrected chi connectivity index (χ3v) is 3.10. The lowest BCUT2D eigenvalue weighted by molar-refractivity contribution is -0.120. The summed E-state index contributed by atoms with van der Waals surface area (Å²) in [6, 6.07) is 0.0570. The van der Waals surface area contributed by atoms with Crippen LogP contribution in [0.15, 0.2) is 0 Å². The number of ketones is 1. The molecule has 0 aliphatic heterocycles. The number of hydrogen-bond acceptors (Lipinski definition) is 2. The molecule has 0 bridgehead atoms. The zero-order chi connectivity index (χ0) is 11.8. The van der Waals surface area contributed by atoms with Crippen molar-refractivity contribution in [2.45, 2.75) is 65.8 Å². The van der Waals surface area contributed by atoms with Gasteiger partial charge in [0.2, 0.25) is 0 Å². The molecule has 2 nitrogen and oxygen atoms in total. The smallest absolute Gasteiger partial charge is 0.134 e. The first-order valence-electron chi connectivity index (χ1n) is 6.21. The van der Waals surface area contributed by atoms with Crippen molar-refractivity contribution in [2.24, 2.45) is 17.6 Å². The van der Waals surface area contributed by atoms with Gasteiger partial charge in [-0.15, -0.1) is 0 Å². The highest BCUT2D eigenvalue weighted by atomic mass is 16.1. The lowest BCUT2D eigenvalue weighted by Crippen LogP contribution is -2.32. The van der Waals surface area contributed by atoms with E-state index in [-0.39, 0.29) is 17.7 Å². The van der Waals surface area contributed by atoms with Gasteiger partial charge in [0.05, 0.1) is 0 Å².